The summed E-state index contributed by atoms with van der Waals surface area (Å²) in [7, 11) is 2.05. The number of fused-ring (bicyclic) bond motifs is 1. The Morgan fingerprint density at radius 1 is 1.19 bits per heavy atom. The van der Waals surface area contributed by atoms with Crippen LogP contribution in [0.3, 0.4) is 0 Å². The second-order valence-electron chi connectivity index (χ2n) is 6.93. The van der Waals surface area contributed by atoms with E-state index >= 15 is 0 Å². The number of para-hydroxylation sites is 1. The molecule has 0 saturated carbocycles. The van der Waals surface area contributed by atoms with E-state index in [-0.39, 0.29) is 17.9 Å². The largest absolute Gasteiger partial charge is 0.376 e. The molecule has 0 aliphatic carbocycles. The molecule has 3 rings (SSSR count). The predicted molar refractivity (Wildman–Crippen MR) is 115 cm³/mol. The van der Waals surface area contributed by atoms with Gasteiger partial charge in [-0.1, -0.05) is 48.0 Å². The smallest absolute Gasteiger partial charge is 0.259 e. The van der Waals surface area contributed by atoms with Crippen LogP contribution in [0.15, 0.2) is 69.9 Å². The van der Waals surface area contributed by atoms with Crippen LogP contribution in [0.1, 0.15) is 19.4 Å². The third-order valence-corrected chi connectivity index (χ3v) is 5.26. The summed E-state index contributed by atoms with van der Waals surface area (Å²) in [4.78, 5) is 14.1. The maximum atomic E-state index is 11.9. The van der Waals surface area contributed by atoms with Gasteiger partial charge in [0.05, 0.1) is 6.54 Å². The zero-order chi connectivity index (χ0) is 19.4. The summed E-state index contributed by atoms with van der Waals surface area (Å²) in [6.45, 7) is 4.54. The summed E-state index contributed by atoms with van der Waals surface area (Å²) in [5.74, 6) is -0.199. The zero-order valence-corrected chi connectivity index (χ0v) is 17.2. The molecule has 27 heavy (non-hydrogen) atoms. The highest BCUT2D eigenvalue weighted by Crippen LogP contribution is 2.46. The molecule has 1 aliphatic rings. The van der Waals surface area contributed by atoms with Gasteiger partial charge in [-0.15, -0.1) is 0 Å². The molecule has 0 unspecified atom stereocenters. The number of hydrogen-bond donors (Lipinski definition) is 2. The van der Waals surface area contributed by atoms with Gasteiger partial charge < -0.3 is 10.2 Å². The van der Waals surface area contributed by atoms with E-state index < -0.39 is 0 Å². The molecule has 1 amide bonds. The van der Waals surface area contributed by atoms with Gasteiger partial charge in [0, 0.05) is 40.2 Å². The molecule has 0 fully saturated rings. The normalized spacial score (nSPS) is 16.6. The summed E-state index contributed by atoms with van der Waals surface area (Å²) in [5, 5.41) is 7.10. The minimum atomic E-state index is -0.199. The van der Waals surface area contributed by atoms with E-state index in [9.17, 15) is 4.79 Å². The number of nitrogens with zero attached hydrogens (tertiary/aromatic N) is 2. The summed E-state index contributed by atoms with van der Waals surface area (Å²) in [6, 6.07) is 16.0. The lowest BCUT2D eigenvalue weighted by molar-refractivity contribution is -0.119. The van der Waals surface area contributed by atoms with Crippen LogP contribution in [-0.2, 0) is 10.2 Å². The Morgan fingerprint density at radius 2 is 1.89 bits per heavy atom. The van der Waals surface area contributed by atoms with Crippen LogP contribution in [-0.4, -0.2) is 25.7 Å². The first-order chi connectivity index (χ1) is 12.9. The molecule has 6 heteroatoms. The number of amides is 1. The Kier molecular flexibility index (Phi) is 5.65. The number of hydrazone groups is 1. The van der Waals surface area contributed by atoms with Crippen molar-refractivity contribution in [3.05, 3.63) is 70.3 Å². The number of halogens is 1. The topological polar surface area (TPSA) is 56.7 Å². The van der Waals surface area contributed by atoms with Crippen molar-refractivity contribution in [1.82, 2.24) is 5.43 Å². The van der Waals surface area contributed by atoms with Gasteiger partial charge in [-0.25, -0.2) is 5.43 Å². The Hall–Kier alpha value is -2.60. The fourth-order valence-corrected chi connectivity index (χ4v) is 3.57. The number of carbonyl (C=O) groups excluding carboxylic acids is 1. The molecule has 2 N–H and O–H groups in total. The lowest BCUT2D eigenvalue weighted by Crippen LogP contribution is -2.26. The standard InChI is InChI=1S/C21H23BrN4O/c1-21(2)17-6-4-5-7-18(17)26(3)19(21)12-13-24-25-20(27)14-23-16-10-8-15(22)9-11-16/h4-13,23H,14H2,1-3H3,(H,25,27)/b19-12-,24-13+. The monoisotopic (exact) mass is 426 g/mol. The van der Waals surface area contributed by atoms with Crippen molar-refractivity contribution in [2.45, 2.75) is 19.3 Å². The predicted octanol–water partition coefficient (Wildman–Crippen LogP) is 4.27. The first-order valence-corrected chi connectivity index (χ1v) is 9.54. The fraction of sp³-hybridized carbons (Fsp3) is 0.238. The molecule has 0 aromatic heterocycles. The van der Waals surface area contributed by atoms with E-state index in [2.05, 4.69) is 68.7 Å². The maximum Gasteiger partial charge on any atom is 0.259 e. The van der Waals surface area contributed by atoms with Gasteiger partial charge in [0.15, 0.2) is 0 Å². The Balaban J connectivity index is 1.57. The molecule has 0 bridgehead atoms. The number of nitrogens with one attached hydrogen (secondary N) is 2. The summed E-state index contributed by atoms with van der Waals surface area (Å²) in [5.41, 5.74) is 6.94. The lowest BCUT2D eigenvalue weighted by atomic mass is 9.84. The lowest BCUT2D eigenvalue weighted by Gasteiger charge is -2.23. The van der Waals surface area contributed by atoms with Crippen LogP contribution < -0.4 is 15.6 Å². The highest BCUT2D eigenvalue weighted by molar-refractivity contribution is 9.10. The molecule has 1 aliphatic heterocycles. The van der Waals surface area contributed by atoms with Crippen molar-refractivity contribution in [2.75, 3.05) is 23.8 Å². The van der Waals surface area contributed by atoms with Crippen LogP contribution >= 0.6 is 15.9 Å². The molecule has 140 valence electrons. The van der Waals surface area contributed by atoms with Crippen molar-refractivity contribution in [1.29, 1.82) is 0 Å². The summed E-state index contributed by atoms with van der Waals surface area (Å²) in [6.07, 6.45) is 3.58. The molecule has 5 nitrogen and oxygen atoms in total. The van der Waals surface area contributed by atoms with E-state index in [1.807, 2.05) is 43.5 Å². The van der Waals surface area contributed by atoms with Crippen LogP contribution in [0.5, 0.6) is 0 Å². The molecule has 1 heterocycles. The van der Waals surface area contributed by atoms with Crippen LogP contribution in [0, 0.1) is 0 Å². The number of carbonyl (C=O) groups is 1. The first-order valence-electron chi connectivity index (χ1n) is 8.75. The van der Waals surface area contributed by atoms with Gasteiger partial charge in [0.25, 0.3) is 5.91 Å². The van der Waals surface area contributed by atoms with E-state index in [0.29, 0.717) is 0 Å². The molecule has 2 aromatic carbocycles. The molecule has 0 atom stereocenters. The number of rotatable bonds is 5. The average Bonchev–Trinajstić information content (AvgIpc) is 2.85. The maximum absolute atomic E-state index is 11.9. The SMILES string of the molecule is CN1/C(=C\C=N\NC(=O)CNc2ccc(Br)cc2)C(C)(C)c2ccccc21. The summed E-state index contributed by atoms with van der Waals surface area (Å²) < 4.78 is 0.997. The molecular weight excluding hydrogens is 404 g/mol. The fourth-order valence-electron chi connectivity index (χ4n) is 3.31. The third kappa shape index (κ3) is 4.22. The molecule has 0 radical (unpaired) electrons. The van der Waals surface area contributed by atoms with E-state index in [1.165, 1.54) is 11.3 Å². The van der Waals surface area contributed by atoms with Crippen molar-refractivity contribution in [3.63, 3.8) is 0 Å². The minimum absolute atomic E-state index is 0.107. The second-order valence-corrected chi connectivity index (χ2v) is 7.84. The van der Waals surface area contributed by atoms with Gasteiger partial charge in [0.1, 0.15) is 0 Å². The van der Waals surface area contributed by atoms with E-state index in [1.54, 1.807) is 6.21 Å². The molecular formula is C21H23BrN4O. The summed E-state index contributed by atoms with van der Waals surface area (Å²) >= 11 is 3.38. The van der Waals surface area contributed by atoms with Gasteiger partial charge in [-0.2, -0.15) is 5.10 Å². The number of benzene rings is 2. The number of likely N-dealkylation sites (N-methyl/N-ethyl adjacent to an activating group) is 1. The first kappa shape index (κ1) is 19.2. The molecule has 2 aromatic rings. The van der Waals surface area contributed by atoms with Crippen molar-refractivity contribution in [2.24, 2.45) is 5.10 Å². The van der Waals surface area contributed by atoms with Gasteiger partial charge in [-0.05, 0) is 42.0 Å². The number of anilines is 2. The van der Waals surface area contributed by atoms with Crippen LogP contribution in [0.25, 0.3) is 0 Å². The van der Waals surface area contributed by atoms with Crippen molar-refractivity contribution < 1.29 is 4.79 Å². The highest BCUT2D eigenvalue weighted by atomic mass is 79.9. The van der Waals surface area contributed by atoms with Crippen LogP contribution in [0.2, 0.25) is 0 Å². The minimum Gasteiger partial charge on any atom is -0.376 e. The van der Waals surface area contributed by atoms with Crippen molar-refractivity contribution in [3.8, 4) is 0 Å². The van der Waals surface area contributed by atoms with Gasteiger partial charge in [0.2, 0.25) is 0 Å². The second kappa shape index (κ2) is 7.96. The molecule has 0 spiro atoms. The Bertz CT molecular complexity index is 887. The zero-order valence-electron chi connectivity index (χ0n) is 15.7. The van der Waals surface area contributed by atoms with Gasteiger partial charge in [-0.3, -0.25) is 4.79 Å². The van der Waals surface area contributed by atoms with E-state index in [0.717, 1.165) is 15.9 Å². The quantitative estimate of drug-likeness (QED) is 0.554. The Labute approximate surface area is 168 Å². The van der Waals surface area contributed by atoms with E-state index in [4.69, 9.17) is 0 Å². The highest BCUT2D eigenvalue weighted by Gasteiger charge is 2.37. The molecule has 0 saturated heterocycles. The third-order valence-electron chi connectivity index (χ3n) is 4.73. The number of allylic oxidation sites excluding steroid dienone is 2. The Morgan fingerprint density at radius 3 is 2.59 bits per heavy atom. The van der Waals surface area contributed by atoms with Crippen LogP contribution in [0.4, 0.5) is 11.4 Å². The van der Waals surface area contributed by atoms with Crippen molar-refractivity contribution >= 4 is 39.4 Å². The average molecular weight is 427 g/mol. The number of hydrogen-bond acceptors (Lipinski definition) is 4. The van der Waals surface area contributed by atoms with Gasteiger partial charge >= 0.3 is 0 Å².